The van der Waals surface area contributed by atoms with Crippen molar-refractivity contribution in [3.63, 3.8) is 0 Å². The molecule has 0 amide bonds. The molecule has 0 aliphatic heterocycles. The van der Waals surface area contributed by atoms with Crippen LogP contribution < -0.4 is 5.73 Å². The molecular formula is C12H10FN5O. The number of anilines is 1. The predicted octanol–water partition coefficient (Wildman–Crippen LogP) is 1.86. The molecule has 1 aromatic carbocycles. The van der Waals surface area contributed by atoms with Crippen molar-refractivity contribution in [2.45, 2.75) is 0 Å². The molecule has 0 spiro atoms. The van der Waals surface area contributed by atoms with Gasteiger partial charge in [0.15, 0.2) is 0 Å². The smallest absolute Gasteiger partial charge is 0.260 e. The summed E-state index contributed by atoms with van der Waals surface area (Å²) in [7, 11) is 1.79. The molecule has 0 fully saturated rings. The molecule has 0 saturated carbocycles. The van der Waals surface area contributed by atoms with Gasteiger partial charge in [0.05, 0.1) is 17.3 Å². The maximum Gasteiger partial charge on any atom is 0.260 e. The summed E-state index contributed by atoms with van der Waals surface area (Å²) in [5.41, 5.74) is 7.21. The van der Waals surface area contributed by atoms with Gasteiger partial charge in [0.25, 0.3) is 5.89 Å². The zero-order valence-corrected chi connectivity index (χ0v) is 10.0. The number of hydrogen-bond acceptors (Lipinski definition) is 5. The first-order valence-electron chi connectivity index (χ1n) is 5.51. The SMILES string of the molecule is Cn1cc(-c2noc(-c3ccc(F)cc3N)n2)cn1. The summed E-state index contributed by atoms with van der Waals surface area (Å²) in [5, 5.41) is 7.88. The van der Waals surface area contributed by atoms with E-state index in [9.17, 15) is 4.39 Å². The van der Waals surface area contributed by atoms with E-state index in [1.807, 2.05) is 0 Å². The molecule has 2 N–H and O–H groups in total. The number of nitrogens with two attached hydrogens (primary N) is 1. The molecule has 0 atom stereocenters. The molecule has 0 unspecified atom stereocenters. The second kappa shape index (κ2) is 4.20. The molecule has 0 aliphatic carbocycles. The molecule has 0 radical (unpaired) electrons. The molecule has 3 rings (SSSR count). The van der Waals surface area contributed by atoms with E-state index >= 15 is 0 Å². The summed E-state index contributed by atoms with van der Waals surface area (Å²) >= 11 is 0. The maximum atomic E-state index is 13.0. The Morgan fingerprint density at radius 3 is 2.89 bits per heavy atom. The van der Waals surface area contributed by atoms with Gasteiger partial charge >= 0.3 is 0 Å². The van der Waals surface area contributed by atoms with Crippen LogP contribution in [0.1, 0.15) is 0 Å². The second-order valence-electron chi connectivity index (χ2n) is 4.06. The maximum absolute atomic E-state index is 13.0. The van der Waals surface area contributed by atoms with Crippen LogP contribution >= 0.6 is 0 Å². The highest BCUT2D eigenvalue weighted by Gasteiger charge is 2.14. The molecule has 6 nitrogen and oxygen atoms in total. The zero-order chi connectivity index (χ0) is 13.4. The fraction of sp³-hybridized carbons (Fsp3) is 0.0833. The van der Waals surface area contributed by atoms with E-state index in [1.165, 1.54) is 18.2 Å². The number of nitrogen functional groups attached to an aromatic ring is 1. The van der Waals surface area contributed by atoms with Crippen molar-refractivity contribution in [3.05, 3.63) is 36.4 Å². The Labute approximate surface area is 107 Å². The number of halogens is 1. The third kappa shape index (κ3) is 2.05. The third-order valence-corrected chi connectivity index (χ3v) is 2.63. The van der Waals surface area contributed by atoms with E-state index in [4.69, 9.17) is 10.3 Å². The fourth-order valence-corrected chi connectivity index (χ4v) is 1.72. The van der Waals surface area contributed by atoms with E-state index in [2.05, 4.69) is 15.2 Å². The van der Waals surface area contributed by atoms with Gasteiger partial charge < -0.3 is 10.3 Å². The van der Waals surface area contributed by atoms with Gasteiger partial charge in [0, 0.05) is 18.9 Å². The van der Waals surface area contributed by atoms with Gasteiger partial charge in [-0.25, -0.2) is 4.39 Å². The summed E-state index contributed by atoms with van der Waals surface area (Å²) in [6.45, 7) is 0. The largest absolute Gasteiger partial charge is 0.398 e. The number of hydrogen-bond donors (Lipinski definition) is 1. The van der Waals surface area contributed by atoms with Crippen LogP contribution in [0.5, 0.6) is 0 Å². The number of aromatic nitrogens is 4. The first kappa shape index (κ1) is 11.4. The lowest BCUT2D eigenvalue weighted by molar-refractivity contribution is 0.432. The number of nitrogens with zero attached hydrogens (tertiary/aromatic N) is 4. The summed E-state index contributed by atoms with van der Waals surface area (Å²) in [6.07, 6.45) is 3.39. The lowest BCUT2D eigenvalue weighted by Crippen LogP contribution is -1.91. The van der Waals surface area contributed by atoms with Crippen LogP contribution in [0, 0.1) is 5.82 Å². The zero-order valence-electron chi connectivity index (χ0n) is 10.0. The van der Waals surface area contributed by atoms with Crippen LogP contribution in [0.2, 0.25) is 0 Å². The van der Waals surface area contributed by atoms with Crippen molar-refractivity contribution in [2.24, 2.45) is 7.05 Å². The van der Waals surface area contributed by atoms with Gasteiger partial charge in [-0.2, -0.15) is 10.1 Å². The molecule has 96 valence electrons. The Hall–Kier alpha value is -2.70. The lowest BCUT2D eigenvalue weighted by Gasteiger charge is -1.99. The van der Waals surface area contributed by atoms with Crippen molar-refractivity contribution in [3.8, 4) is 22.8 Å². The normalized spacial score (nSPS) is 10.8. The molecule has 19 heavy (non-hydrogen) atoms. The van der Waals surface area contributed by atoms with Crippen molar-refractivity contribution < 1.29 is 8.91 Å². The van der Waals surface area contributed by atoms with Gasteiger partial charge in [-0.05, 0) is 18.2 Å². The Kier molecular flexibility index (Phi) is 2.52. The van der Waals surface area contributed by atoms with Gasteiger partial charge in [0.2, 0.25) is 5.82 Å². The van der Waals surface area contributed by atoms with E-state index in [-0.39, 0.29) is 11.6 Å². The van der Waals surface area contributed by atoms with Gasteiger partial charge in [0.1, 0.15) is 5.82 Å². The van der Waals surface area contributed by atoms with Gasteiger partial charge in [-0.1, -0.05) is 5.16 Å². The van der Waals surface area contributed by atoms with E-state index in [0.717, 1.165) is 5.56 Å². The summed E-state index contributed by atoms with van der Waals surface area (Å²) in [5.74, 6) is 0.247. The van der Waals surface area contributed by atoms with Crippen molar-refractivity contribution in [1.82, 2.24) is 19.9 Å². The highest BCUT2D eigenvalue weighted by Crippen LogP contribution is 2.26. The van der Waals surface area contributed by atoms with Crippen molar-refractivity contribution in [1.29, 1.82) is 0 Å². The van der Waals surface area contributed by atoms with E-state index < -0.39 is 5.82 Å². The quantitative estimate of drug-likeness (QED) is 0.710. The van der Waals surface area contributed by atoms with Crippen LogP contribution in [0.3, 0.4) is 0 Å². The summed E-state index contributed by atoms with van der Waals surface area (Å²) in [6, 6.07) is 4.01. The molecule has 3 aromatic rings. The molecule has 7 heteroatoms. The summed E-state index contributed by atoms with van der Waals surface area (Å²) in [4.78, 5) is 4.22. The highest BCUT2D eigenvalue weighted by atomic mass is 19.1. The number of benzene rings is 1. The highest BCUT2D eigenvalue weighted by molar-refractivity contribution is 5.71. The van der Waals surface area contributed by atoms with E-state index in [1.54, 1.807) is 24.1 Å². The van der Waals surface area contributed by atoms with E-state index in [0.29, 0.717) is 11.4 Å². The first-order chi connectivity index (χ1) is 9.13. The first-order valence-corrected chi connectivity index (χ1v) is 5.51. The number of aryl methyl sites for hydroxylation is 1. The molecule has 0 saturated heterocycles. The predicted molar refractivity (Wildman–Crippen MR) is 66.3 cm³/mol. The Morgan fingerprint density at radius 1 is 1.37 bits per heavy atom. The molecule has 0 bridgehead atoms. The number of rotatable bonds is 2. The molecule has 0 aliphatic rings. The minimum Gasteiger partial charge on any atom is -0.398 e. The monoisotopic (exact) mass is 259 g/mol. The van der Waals surface area contributed by atoms with Crippen molar-refractivity contribution in [2.75, 3.05) is 5.73 Å². The lowest BCUT2D eigenvalue weighted by atomic mass is 10.2. The summed E-state index contributed by atoms with van der Waals surface area (Å²) < 4.78 is 19.7. The Balaban J connectivity index is 2.01. The van der Waals surface area contributed by atoms with Crippen LogP contribution in [-0.4, -0.2) is 19.9 Å². The second-order valence-corrected chi connectivity index (χ2v) is 4.06. The minimum absolute atomic E-state index is 0.247. The van der Waals surface area contributed by atoms with Crippen LogP contribution in [0.4, 0.5) is 10.1 Å². The molecular weight excluding hydrogens is 249 g/mol. The Morgan fingerprint density at radius 2 is 2.21 bits per heavy atom. The fourth-order valence-electron chi connectivity index (χ4n) is 1.72. The standard InChI is InChI=1S/C12H10FN5O/c1-18-6-7(5-15-18)11-16-12(19-17-11)9-3-2-8(13)4-10(9)14/h2-6H,14H2,1H3. The topological polar surface area (TPSA) is 82.8 Å². The van der Waals surface area contributed by atoms with Gasteiger partial charge in [-0.15, -0.1) is 0 Å². The van der Waals surface area contributed by atoms with Crippen LogP contribution in [-0.2, 0) is 7.05 Å². The molecule has 2 aromatic heterocycles. The van der Waals surface area contributed by atoms with Crippen molar-refractivity contribution >= 4 is 5.69 Å². The Bertz CT molecular complexity index is 733. The van der Waals surface area contributed by atoms with Crippen LogP contribution in [0.15, 0.2) is 35.1 Å². The average molecular weight is 259 g/mol. The molecule has 2 heterocycles. The van der Waals surface area contributed by atoms with Gasteiger partial charge in [-0.3, -0.25) is 4.68 Å². The van der Waals surface area contributed by atoms with Crippen LogP contribution in [0.25, 0.3) is 22.8 Å². The third-order valence-electron chi connectivity index (χ3n) is 2.63. The minimum atomic E-state index is -0.409. The average Bonchev–Trinajstić information content (AvgIpc) is 2.97.